The van der Waals surface area contributed by atoms with E-state index in [0.717, 1.165) is 3.57 Å². The van der Waals surface area contributed by atoms with Crippen LogP contribution in [0, 0.1) is 3.57 Å². The Labute approximate surface area is 94.4 Å². The number of nitrogens with zero attached hydrogens (tertiary/aromatic N) is 2. The number of halogens is 1. The molecule has 0 spiro atoms. The number of rotatable bonds is 1. The summed E-state index contributed by atoms with van der Waals surface area (Å²) in [5, 5.41) is 0. The number of aromatic nitrogens is 1. The Morgan fingerprint density at radius 1 is 1.36 bits per heavy atom. The first-order valence-corrected chi connectivity index (χ1v) is 5.18. The quantitative estimate of drug-likeness (QED) is 0.574. The molecule has 1 fully saturated rings. The van der Waals surface area contributed by atoms with E-state index in [9.17, 15) is 9.59 Å². The van der Waals surface area contributed by atoms with Gasteiger partial charge >= 0.3 is 0 Å². The number of carbonyl (C=O) groups excluding carboxylic acids is 2. The number of anilines is 1. The fourth-order valence-corrected chi connectivity index (χ4v) is 1.64. The third-order valence-electron chi connectivity index (χ3n) is 1.97. The van der Waals surface area contributed by atoms with Crippen LogP contribution in [0.15, 0.2) is 18.3 Å². The Kier molecular flexibility index (Phi) is 2.49. The van der Waals surface area contributed by atoms with Crippen LogP contribution in [0.4, 0.5) is 5.82 Å². The maximum absolute atomic E-state index is 11.3. The topological polar surface area (TPSA) is 50.3 Å². The second kappa shape index (κ2) is 3.64. The Balaban J connectivity index is 2.27. The van der Waals surface area contributed by atoms with E-state index in [1.165, 1.54) is 4.90 Å². The van der Waals surface area contributed by atoms with Crippen molar-refractivity contribution in [1.29, 1.82) is 0 Å². The van der Waals surface area contributed by atoms with Crippen LogP contribution in [0.5, 0.6) is 0 Å². The molecular formula is C9H7IN2O2. The summed E-state index contributed by atoms with van der Waals surface area (Å²) in [6.07, 6.45) is 1.68. The number of hydrogen-bond donors (Lipinski definition) is 0. The third-order valence-corrected chi connectivity index (χ3v) is 2.61. The molecule has 0 radical (unpaired) electrons. The van der Waals surface area contributed by atoms with Gasteiger partial charge in [0.05, 0.1) is 13.0 Å². The Bertz CT molecular complexity index is 388. The summed E-state index contributed by atoms with van der Waals surface area (Å²) in [5.74, 6) is 0.348. The first kappa shape index (κ1) is 9.57. The molecule has 4 nitrogen and oxygen atoms in total. The zero-order chi connectivity index (χ0) is 10.1. The van der Waals surface area contributed by atoms with Gasteiger partial charge in [0.1, 0.15) is 5.82 Å². The maximum atomic E-state index is 11.3. The summed E-state index contributed by atoms with van der Waals surface area (Å²) in [7, 11) is 0. The fraction of sp³-hybridized carbons (Fsp3) is 0.222. The van der Waals surface area contributed by atoms with E-state index in [2.05, 4.69) is 27.6 Å². The van der Waals surface area contributed by atoms with Gasteiger partial charge in [0, 0.05) is 9.77 Å². The Morgan fingerprint density at radius 3 is 2.64 bits per heavy atom. The monoisotopic (exact) mass is 302 g/mol. The number of Topliss-reactive ketones (excluding diaryl/α,β-unsaturated/α-hetero) is 1. The van der Waals surface area contributed by atoms with Crippen molar-refractivity contribution in [2.75, 3.05) is 11.4 Å². The highest BCUT2D eigenvalue weighted by molar-refractivity contribution is 14.1. The van der Waals surface area contributed by atoms with Crippen LogP contribution >= 0.6 is 22.6 Å². The Hall–Kier alpha value is -0.980. The van der Waals surface area contributed by atoms with E-state index in [1.807, 2.05) is 6.07 Å². The summed E-state index contributed by atoms with van der Waals surface area (Å²) in [4.78, 5) is 27.9. The second-order valence-corrected chi connectivity index (χ2v) is 4.28. The minimum Gasteiger partial charge on any atom is -0.297 e. The summed E-state index contributed by atoms with van der Waals surface area (Å²) in [5.41, 5.74) is 0. The van der Waals surface area contributed by atoms with Crippen LogP contribution in [-0.4, -0.2) is 23.2 Å². The van der Waals surface area contributed by atoms with Gasteiger partial charge in [-0.3, -0.25) is 14.5 Å². The predicted octanol–water partition coefficient (Wildman–Crippen LogP) is 0.992. The normalized spacial score (nSPS) is 16.5. The molecule has 1 aromatic heterocycles. The lowest BCUT2D eigenvalue weighted by Gasteiger charge is -2.12. The summed E-state index contributed by atoms with van der Waals surface area (Å²) in [6, 6.07) is 3.61. The highest BCUT2D eigenvalue weighted by Crippen LogP contribution is 2.17. The van der Waals surface area contributed by atoms with Crippen LogP contribution in [0.1, 0.15) is 6.42 Å². The molecule has 72 valence electrons. The van der Waals surface area contributed by atoms with Gasteiger partial charge in [-0.15, -0.1) is 0 Å². The van der Waals surface area contributed by atoms with Gasteiger partial charge in [-0.2, -0.15) is 0 Å². The molecule has 0 unspecified atom stereocenters. The molecule has 1 saturated heterocycles. The molecule has 2 heterocycles. The molecule has 0 N–H and O–H groups in total. The van der Waals surface area contributed by atoms with Gasteiger partial charge < -0.3 is 0 Å². The van der Waals surface area contributed by atoms with Crippen molar-refractivity contribution < 1.29 is 9.59 Å². The van der Waals surface area contributed by atoms with Crippen LogP contribution < -0.4 is 4.90 Å². The molecule has 0 aliphatic carbocycles. The van der Waals surface area contributed by atoms with Crippen LogP contribution in [-0.2, 0) is 9.59 Å². The van der Waals surface area contributed by atoms with Gasteiger partial charge in [-0.1, -0.05) is 0 Å². The van der Waals surface area contributed by atoms with Crippen LogP contribution in [0.2, 0.25) is 0 Å². The molecule has 2 rings (SSSR count). The molecule has 0 atom stereocenters. The van der Waals surface area contributed by atoms with Crippen molar-refractivity contribution in [2.24, 2.45) is 0 Å². The minimum absolute atomic E-state index is 0.00761. The van der Waals surface area contributed by atoms with Crippen molar-refractivity contribution in [3.8, 4) is 0 Å². The van der Waals surface area contributed by atoms with E-state index in [0.29, 0.717) is 5.82 Å². The molecule has 0 bridgehead atoms. The average Bonchev–Trinajstić information content (AvgIpc) is 2.47. The molecule has 1 aliphatic rings. The average molecular weight is 302 g/mol. The van der Waals surface area contributed by atoms with E-state index >= 15 is 0 Å². The van der Waals surface area contributed by atoms with Crippen molar-refractivity contribution in [3.63, 3.8) is 0 Å². The zero-order valence-electron chi connectivity index (χ0n) is 7.24. The molecule has 0 saturated carbocycles. The van der Waals surface area contributed by atoms with Crippen LogP contribution in [0.3, 0.4) is 0 Å². The lowest BCUT2D eigenvalue weighted by atomic mass is 10.3. The van der Waals surface area contributed by atoms with E-state index in [-0.39, 0.29) is 24.7 Å². The highest BCUT2D eigenvalue weighted by atomic mass is 127. The van der Waals surface area contributed by atoms with E-state index < -0.39 is 0 Å². The van der Waals surface area contributed by atoms with E-state index in [4.69, 9.17) is 0 Å². The fourth-order valence-electron chi connectivity index (χ4n) is 1.32. The lowest BCUT2D eigenvalue weighted by Crippen LogP contribution is -2.25. The molecule has 1 amide bonds. The molecular weight excluding hydrogens is 295 g/mol. The molecule has 1 aliphatic heterocycles. The van der Waals surface area contributed by atoms with Crippen molar-refractivity contribution >= 4 is 40.1 Å². The summed E-state index contributed by atoms with van der Waals surface area (Å²) >= 11 is 2.14. The standard InChI is InChI=1S/C9H7IN2O2/c10-6-1-2-8(11-4-6)12-5-7(13)3-9(12)14/h1-2,4H,3,5H2. The van der Waals surface area contributed by atoms with Gasteiger partial charge in [0.2, 0.25) is 5.91 Å². The molecule has 1 aromatic rings. The van der Waals surface area contributed by atoms with Gasteiger partial charge in [-0.05, 0) is 34.7 Å². The zero-order valence-corrected chi connectivity index (χ0v) is 9.39. The lowest BCUT2D eigenvalue weighted by molar-refractivity contribution is -0.121. The minimum atomic E-state index is -0.163. The number of amides is 1. The number of pyridine rings is 1. The largest absolute Gasteiger partial charge is 0.297 e. The molecule has 14 heavy (non-hydrogen) atoms. The highest BCUT2D eigenvalue weighted by Gasteiger charge is 2.29. The summed E-state index contributed by atoms with van der Waals surface area (Å²) in [6.45, 7) is 0.159. The third kappa shape index (κ3) is 1.77. The van der Waals surface area contributed by atoms with Crippen LogP contribution in [0.25, 0.3) is 0 Å². The van der Waals surface area contributed by atoms with Gasteiger partial charge in [0.15, 0.2) is 5.78 Å². The van der Waals surface area contributed by atoms with Crippen molar-refractivity contribution in [1.82, 2.24) is 4.98 Å². The number of carbonyl (C=O) groups is 2. The second-order valence-electron chi connectivity index (χ2n) is 3.03. The SMILES string of the molecule is O=C1CC(=O)N(c2ccc(I)cn2)C1. The Morgan fingerprint density at radius 2 is 2.14 bits per heavy atom. The number of ketones is 1. The first-order chi connectivity index (χ1) is 6.66. The predicted molar refractivity (Wildman–Crippen MR) is 58.9 cm³/mol. The number of hydrogen-bond acceptors (Lipinski definition) is 3. The van der Waals surface area contributed by atoms with E-state index in [1.54, 1.807) is 12.3 Å². The first-order valence-electron chi connectivity index (χ1n) is 4.10. The van der Waals surface area contributed by atoms with Gasteiger partial charge in [0.25, 0.3) is 0 Å². The van der Waals surface area contributed by atoms with Gasteiger partial charge in [-0.25, -0.2) is 4.98 Å². The van der Waals surface area contributed by atoms with Crippen molar-refractivity contribution in [2.45, 2.75) is 6.42 Å². The van der Waals surface area contributed by atoms with Crippen molar-refractivity contribution in [3.05, 3.63) is 21.9 Å². The maximum Gasteiger partial charge on any atom is 0.236 e. The molecule has 0 aromatic carbocycles. The smallest absolute Gasteiger partial charge is 0.236 e. The molecule has 5 heteroatoms. The summed E-state index contributed by atoms with van der Waals surface area (Å²) < 4.78 is 1.00.